The molecule has 0 atom stereocenters. The maximum atomic E-state index is 13.2. The second-order valence-electron chi connectivity index (χ2n) is 5.49. The summed E-state index contributed by atoms with van der Waals surface area (Å²) < 4.78 is 14.0. The molecule has 1 aromatic heterocycles. The Morgan fingerprint density at radius 2 is 1.92 bits per heavy atom. The van der Waals surface area contributed by atoms with Crippen molar-refractivity contribution in [2.45, 2.75) is 6.42 Å². The largest absolute Gasteiger partial charge is 0.302 e. The SMILES string of the molecule is O=C(Cc1cccc2ccccc12)Nc1nc2ccc(F)cc2s1. The molecule has 0 saturated heterocycles. The fraction of sp³-hybridized carbons (Fsp3) is 0.0526. The standard InChI is InChI=1S/C19H13FN2OS/c20-14-8-9-16-17(11-14)24-19(21-16)22-18(23)10-13-6-3-5-12-4-1-2-7-15(12)13/h1-9,11H,10H2,(H,21,22,23). The van der Waals surface area contributed by atoms with Crippen LogP contribution in [0.25, 0.3) is 21.0 Å². The number of hydrogen-bond donors (Lipinski definition) is 1. The average Bonchev–Trinajstić information content (AvgIpc) is 2.96. The molecule has 118 valence electrons. The van der Waals surface area contributed by atoms with Gasteiger partial charge in [0, 0.05) is 0 Å². The molecule has 1 amide bonds. The molecule has 0 aliphatic heterocycles. The molecule has 1 N–H and O–H groups in total. The molecule has 0 radical (unpaired) electrons. The van der Waals surface area contributed by atoms with Gasteiger partial charge < -0.3 is 5.32 Å². The van der Waals surface area contributed by atoms with Crippen molar-refractivity contribution in [2.24, 2.45) is 0 Å². The normalized spacial score (nSPS) is 11.0. The second kappa shape index (κ2) is 6.02. The van der Waals surface area contributed by atoms with Crippen LogP contribution in [0.1, 0.15) is 5.56 Å². The highest BCUT2D eigenvalue weighted by Crippen LogP contribution is 2.27. The predicted octanol–water partition coefficient (Wildman–Crippen LogP) is 4.77. The van der Waals surface area contributed by atoms with E-state index in [4.69, 9.17) is 0 Å². The van der Waals surface area contributed by atoms with Gasteiger partial charge in [-0.3, -0.25) is 4.79 Å². The molecule has 0 aliphatic rings. The lowest BCUT2D eigenvalue weighted by atomic mass is 10.0. The minimum Gasteiger partial charge on any atom is -0.302 e. The number of fused-ring (bicyclic) bond motifs is 2. The molecule has 3 nitrogen and oxygen atoms in total. The molecule has 3 aromatic carbocycles. The zero-order valence-electron chi connectivity index (χ0n) is 12.6. The minimum atomic E-state index is -0.306. The zero-order valence-corrected chi connectivity index (χ0v) is 13.4. The number of aromatic nitrogens is 1. The van der Waals surface area contributed by atoms with Crippen LogP contribution in [0, 0.1) is 5.82 Å². The molecule has 0 aliphatic carbocycles. The van der Waals surface area contributed by atoms with Crippen LogP contribution < -0.4 is 5.32 Å². The Kier molecular flexibility index (Phi) is 3.70. The van der Waals surface area contributed by atoms with Crippen molar-refractivity contribution in [3.63, 3.8) is 0 Å². The highest BCUT2D eigenvalue weighted by atomic mass is 32.1. The van der Waals surface area contributed by atoms with Gasteiger partial charge in [-0.2, -0.15) is 0 Å². The van der Waals surface area contributed by atoms with Gasteiger partial charge in [0.1, 0.15) is 5.82 Å². The molecule has 0 spiro atoms. The van der Waals surface area contributed by atoms with E-state index in [-0.39, 0.29) is 18.1 Å². The first-order chi connectivity index (χ1) is 11.7. The van der Waals surface area contributed by atoms with E-state index in [0.29, 0.717) is 10.6 Å². The number of nitrogens with one attached hydrogen (secondary N) is 1. The number of benzene rings is 3. The highest BCUT2D eigenvalue weighted by molar-refractivity contribution is 7.22. The number of carbonyl (C=O) groups excluding carboxylic acids is 1. The smallest absolute Gasteiger partial charge is 0.230 e. The number of halogens is 1. The third-order valence-electron chi connectivity index (χ3n) is 3.83. The van der Waals surface area contributed by atoms with Crippen LogP contribution in [0.3, 0.4) is 0 Å². The van der Waals surface area contributed by atoms with Crippen LogP contribution in [-0.2, 0) is 11.2 Å². The van der Waals surface area contributed by atoms with Gasteiger partial charge in [0.25, 0.3) is 0 Å². The summed E-state index contributed by atoms with van der Waals surface area (Å²) in [6.45, 7) is 0. The van der Waals surface area contributed by atoms with Gasteiger partial charge in [-0.05, 0) is 34.5 Å². The molecule has 0 bridgehead atoms. The number of rotatable bonds is 3. The summed E-state index contributed by atoms with van der Waals surface area (Å²) in [5.41, 5.74) is 1.65. The molecular weight excluding hydrogens is 323 g/mol. The summed E-state index contributed by atoms with van der Waals surface area (Å²) in [5, 5.41) is 5.48. The molecule has 0 saturated carbocycles. The lowest BCUT2D eigenvalue weighted by Crippen LogP contribution is -2.14. The van der Waals surface area contributed by atoms with E-state index >= 15 is 0 Å². The lowest BCUT2D eigenvalue weighted by Gasteiger charge is -2.06. The molecule has 5 heteroatoms. The number of thiazole rings is 1. The first kappa shape index (κ1) is 14.8. The number of amides is 1. The maximum absolute atomic E-state index is 13.2. The molecule has 24 heavy (non-hydrogen) atoms. The third kappa shape index (κ3) is 2.86. The van der Waals surface area contributed by atoms with E-state index in [1.54, 1.807) is 6.07 Å². The van der Waals surface area contributed by atoms with Crippen molar-refractivity contribution in [1.29, 1.82) is 0 Å². The maximum Gasteiger partial charge on any atom is 0.230 e. The molecular formula is C19H13FN2OS. The molecule has 1 heterocycles. The Morgan fingerprint density at radius 3 is 2.83 bits per heavy atom. The predicted molar refractivity (Wildman–Crippen MR) is 95.9 cm³/mol. The van der Waals surface area contributed by atoms with Crippen molar-refractivity contribution < 1.29 is 9.18 Å². The molecule has 4 rings (SSSR count). The number of anilines is 1. The number of hydrogen-bond acceptors (Lipinski definition) is 3. The van der Waals surface area contributed by atoms with Crippen LogP contribution in [0.15, 0.2) is 60.7 Å². The first-order valence-corrected chi connectivity index (χ1v) is 8.33. The fourth-order valence-electron chi connectivity index (χ4n) is 2.73. The van der Waals surface area contributed by atoms with E-state index in [0.717, 1.165) is 21.0 Å². The second-order valence-corrected chi connectivity index (χ2v) is 6.52. The summed E-state index contributed by atoms with van der Waals surface area (Å²) in [5.74, 6) is -0.439. The molecule has 0 fully saturated rings. The van der Waals surface area contributed by atoms with Crippen LogP contribution in [0.4, 0.5) is 9.52 Å². The van der Waals surface area contributed by atoms with Crippen molar-refractivity contribution in [2.75, 3.05) is 5.32 Å². The van der Waals surface area contributed by atoms with Gasteiger partial charge in [-0.25, -0.2) is 9.37 Å². The Morgan fingerprint density at radius 1 is 1.08 bits per heavy atom. The Bertz CT molecular complexity index is 1050. The van der Waals surface area contributed by atoms with Gasteiger partial charge in [-0.15, -0.1) is 0 Å². The average molecular weight is 336 g/mol. The fourth-order valence-corrected chi connectivity index (χ4v) is 3.64. The highest BCUT2D eigenvalue weighted by Gasteiger charge is 2.10. The Labute approximate surface area is 141 Å². The Balaban J connectivity index is 1.57. The van der Waals surface area contributed by atoms with Gasteiger partial charge in [-0.1, -0.05) is 53.8 Å². The Hall–Kier alpha value is -2.79. The van der Waals surface area contributed by atoms with E-state index in [1.807, 2.05) is 42.5 Å². The van der Waals surface area contributed by atoms with Crippen LogP contribution in [0.2, 0.25) is 0 Å². The molecule has 0 unspecified atom stereocenters. The summed E-state index contributed by atoms with van der Waals surface area (Å²) in [6, 6.07) is 18.3. The summed E-state index contributed by atoms with van der Waals surface area (Å²) in [4.78, 5) is 16.7. The zero-order chi connectivity index (χ0) is 16.5. The van der Waals surface area contributed by atoms with Gasteiger partial charge in [0.2, 0.25) is 5.91 Å². The van der Waals surface area contributed by atoms with Crippen molar-refractivity contribution in [3.8, 4) is 0 Å². The van der Waals surface area contributed by atoms with Crippen LogP contribution in [0.5, 0.6) is 0 Å². The monoisotopic (exact) mass is 336 g/mol. The summed E-state index contributed by atoms with van der Waals surface area (Å²) in [7, 11) is 0. The summed E-state index contributed by atoms with van der Waals surface area (Å²) in [6.07, 6.45) is 0.269. The number of carbonyl (C=O) groups is 1. The van der Waals surface area contributed by atoms with Gasteiger partial charge in [0.05, 0.1) is 16.6 Å². The van der Waals surface area contributed by atoms with E-state index < -0.39 is 0 Å². The number of nitrogens with zero attached hydrogens (tertiary/aromatic N) is 1. The lowest BCUT2D eigenvalue weighted by molar-refractivity contribution is -0.115. The summed E-state index contributed by atoms with van der Waals surface area (Å²) >= 11 is 1.27. The van der Waals surface area contributed by atoms with E-state index in [2.05, 4.69) is 10.3 Å². The topological polar surface area (TPSA) is 42.0 Å². The van der Waals surface area contributed by atoms with Crippen LogP contribution in [-0.4, -0.2) is 10.9 Å². The molecule has 4 aromatic rings. The van der Waals surface area contributed by atoms with Crippen molar-refractivity contribution in [1.82, 2.24) is 4.98 Å². The van der Waals surface area contributed by atoms with E-state index in [9.17, 15) is 9.18 Å². The third-order valence-corrected chi connectivity index (χ3v) is 4.76. The minimum absolute atomic E-state index is 0.133. The van der Waals surface area contributed by atoms with Crippen LogP contribution >= 0.6 is 11.3 Å². The first-order valence-electron chi connectivity index (χ1n) is 7.52. The van der Waals surface area contributed by atoms with Gasteiger partial charge >= 0.3 is 0 Å². The van der Waals surface area contributed by atoms with E-state index in [1.165, 1.54) is 23.5 Å². The quantitative estimate of drug-likeness (QED) is 0.585. The van der Waals surface area contributed by atoms with Crippen molar-refractivity contribution >= 4 is 43.4 Å². The van der Waals surface area contributed by atoms with Crippen molar-refractivity contribution in [3.05, 3.63) is 72.0 Å². The van der Waals surface area contributed by atoms with Gasteiger partial charge in [0.15, 0.2) is 5.13 Å².